The lowest BCUT2D eigenvalue weighted by Gasteiger charge is -2.14. The lowest BCUT2D eigenvalue weighted by molar-refractivity contribution is -0.122. The van der Waals surface area contributed by atoms with Gasteiger partial charge in [-0.05, 0) is 25.0 Å². The molecule has 2 N–H and O–H groups in total. The van der Waals surface area contributed by atoms with Gasteiger partial charge >= 0.3 is 0 Å². The molecule has 0 bridgehead atoms. The van der Waals surface area contributed by atoms with E-state index in [-0.39, 0.29) is 17.5 Å². The predicted molar refractivity (Wildman–Crippen MR) is 71.0 cm³/mol. The van der Waals surface area contributed by atoms with Gasteiger partial charge in [-0.1, -0.05) is 25.1 Å². The molecule has 1 aromatic rings. The summed E-state index contributed by atoms with van der Waals surface area (Å²) in [4.78, 5) is 11.6. The number of hydrogen-bond acceptors (Lipinski definition) is 2. The number of alkyl halides is 2. The van der Waals surface area contributed by atoms with Crippen molar-refractivity contribution >= 4 is 5.91 Å². The van der Waals surface area contributed by atoms with Gasteiger partial charge in [-0.3, -0.25) is 4.79 Å². The molecular weight excluding hydrogens is 250 g/mol. The quantitative estimate of drug-likeness (QED) is 0.799. The van der Waals surface area contributed by atoms with Crippen molar-refractivity contribution in [1.29, 1.82) is 0 Å². The summed E-state index contributed by atoms with van der Waals surface area (Å²) in [6.45, 7) is 4.77. The maximum absolute atomic E-state index is 12.5. The van der Waals surface area contributed by atoms with E-state index in [9.17, 15) is 13.6 Å². The van der Waals surface area contributed by atoms with E-state index in [2.05, 4.69) is 10.6 Å². The molecule has 0 aromatic heterocycles. The average Bonchev–Trinajstić information content (AvgIpc) is 2.42. The molecule has 0 aliphatic carbocycles. The van der Waals surface area contributed by atoms with Crippen LogP contribution in [0.2, 0.25) is 0 Å². The molecule has 0 aliphatic rings. The third-order valence-electron chi connectivity index (χ3n) is 2.76. The van der Waals surface area contributed by atoms with Crippen LogP contribution in [0.1, 0.15) is 37.8 Å². The highest BCUT2D eigenvalue weighted by Gasteiger charge is 2.12. The summed E-state index contributed by atoms with van der Waals surface area (Å²) in [5, 5.41) is 5.79. The van der Waals surface area contributed by atoms with E-state index < -0.39 is 6.43 Å². The number of benzene rings is 1. The van der Waals surface area contributed by atoms with Crippen LogP contribution in [0, 0.1) is 0 Å². The second kappa shape index (κ2) is 7.84. The molecule has 5 heteroatoms. The zero-order chi connectivity index (χ0) is 14.3. The second-order valence-corrected chi connectivity index (χ2v) is 4.44. The van der Waals surface area contributed by atoms with Crippen LogP contribution in [-0.4, -0.2) is 18.5 Å². The fourth-order valence-electron chi connectivity index (χ4n) is 1.60. The Balaban J connectivity index is 2.47. The number of carbonyl (C=O) groups is 1. The monoisotopic (exact) mass is 270 g/mol. The Morgan fingerprint density at radius 2 is 2.11 bits per heavy atom. The summed E-state index contributed by atoms with van der Waals surface area (Å²) in [6.07, 6.45) is -1.58. The van der Waals surface area contributed by atoms with Crippen molar-refractivity contribution in [2.75, 3.05) is 6.54 Å². The Labute approximate surface area is 112 Å². The molecule has 0 heterocycles. The van der Waals surface area contributed by atoms with Crippen LogP contribution < -0.4 is 10.6 Å². The maximum Gasteiger partial charge on any atom is 0.263 e. The van der Waals surface area contributed by atoms with E-state index in [1.165, 1.54) is 12.1 Å². The highest BCUT2D eigenvalue weighted by Crippen LogP contribution is 2.19. The minimum atomic E-state index is -2.47. The number of hydrogen-bond donors (Lipinski definition) is 2. The summed E-state index contributed by atoms with van der Waals surface area (Å²) in [7, 11) is 0. The number of halogens is 2. The van der Waals surface area contributed by atoms with E-state index in [4.69, 9.17) is 0 Å². The fourth-order valence-corrected chi connectivity index (χ4v) is 1.60. The molecule has 0 radical (unpaired) electrons. The Kier molecular flexibility index (Phi) is 6.42. The van der Waals surface area contributed by atoms with E-state index in [0.29, 0.717) is 13.1 Å². The molecule has 0 saturated carbocycles. The summed E-state index contributed by atoms with van der Waals surface area (Å²) in [5.74, 6) is -0.0770. The van der Waals surface area contributed by atoms with Crippen molar-refractivity contribution < 1.29 is 13.6 Å². The van der Waals surface area contributed by atoms with Gasteiger partial charge in [0, 0.05) is 18.7 Å². The fraction of sp³-hybridized carbons (Fsp3) is 0.500. The average molecular weight is 270 g/mol. The molecule has 1 atom stereocenters. The SMILES string of the molecule is CCCNC(=O)C(C)NCc1cccc(C(F)F)c1. The van der Waals surface area contributed by atoms with Crippen LogP contribution in [0.5, 0.6) is 0 Å². The standard InChI is InChI=1S/C14H20F2N2O/c1-3-7-17-14(19)10(2)18-9-11-5-4-6-12(8-11)13(15)16/h4-6,8,10,13,18H,3,7,9H2,1-2H3,(H,17,19). The zero-order valence-electron chi connectivity index (χ0n) is 11.2. The first-order valence-electron chi connectivity index (χ1n) is 6.42. The van der Waals surface area contributed by atoms with Crippen LogP contribution in [0.15, 0.2) is 24.3 Å². The largest absolute Gasteiger partial charge is 0.355 e. The first-order chi connectivity index (χ1) is 9.04. The van der Waals surface area contributed by atoms with E-state index in [0.717, 1.165) is 12.0 Å². The van der Waals surface area contributed by atoms with Gasteiger partial charge in [0.15, 0.2) is 0 Å². The van der Waals surface area contributed by atoms with Crippen molar-refractivity contribution in [2.45, 2.75) is 39.3 Å². The lowest BCUT2D eigenvalue weighted by Crippen LogP contribution is -2.42. The summed E-state index contributed by atoms with van der Waals surface area (Å²) in [5.41, 5.74) is 0.746. The number of rotatable bonds is 7. The summed E-state index contributed by atoms with van der Waals surface area (Å²) < 4.78 is 25.1. The van der Waals surface area contributed by atoms with Gasteiger partial charge in [0.1, 0.15) is 0 Å². The molecule has 0 spiro atoms. The molecular formula is C14H20F2N2O. The second-order valence-electron chi connectivity index (χ2n) is 4.44. The lowest BCUT2D eigenvalue weighted by atomic mass is 10.1. The number of nitrogens with one attached hydrogen (secondary N) is 2. The molecule has 1 rings (SSSR count). The van der Waals surface area contributed by atoms with Crippen molar-refractivity contribution in [1.82, 2.24) is 10.6 Å². The first kappa shape index (κ1) is 15.6. The van der Waals surface area contributed by atoms with Crippen molar-refractivity contribution in [3.05, 3.63) is 35.4 Å². The number of carbonyl (C=O) groups excluding carboxylic acids is 1. The van der Waals surface area contributed by atoms with E-state index >= 15 is 0 Å². The Hall–Kier alpha value is -1.49. The van der Waals surface area contributed by atoms with Crippen molar-refractivity contribution in [3.63, 3.8) is 0 Å². The van der Waals surface area contributed by atoms with Crippen LogP contribution in [0.25, 0.3) is 0 Å². The highest BCUT2D eigenvalue weighted by atomic mass is 19.3. The zero-order valence-corrected chi connectivity index (χ0v) is 11.2. The van der Waals surface area contributed by atoms with Gasteiger partial charge in [0.25, 0.3) is 6.43 Å². The van der Waals surface area contributed by atoms with E-state index in [1.54, 1.807) is 19.1 Å². The summed E-state index contributed by atoms with van der Waals surface area (Å²) in [6, 6.07) is 5.86. The molecule has 1 aromatic carbocycles. The predicted octanol–water partition coefficient (Wildman–Crippen LogP) is 2.63. The topological polar surface area (TPSA) is 41.1 Å². The number of amides is 1. The van der Waals surface area contributed by atoms with Crippen LogP contribution >= 0.6 is 0 Å². The molecule has 0 aliphatic heterocycles. The van der Waals surface area contributed by atoms with Gasteiger partial charge in [-0.2, -0.15) is 0 Å². The highest BCUT2D eigenvalue weighted by molar-refractivity contribution is 5.81. The molecule has 106 valence electrons. The molecule has 3 nitrogen and oxygen atoms in total. The van der Waals surface area contributed by atoms with Crippen LogP contribution in [0.3, 0.4) is 0 Å². The third kappa shape index (κ3) is 5.34. The first-order valence-corrected chi connectivity index (χ1v) is 6.42. The van der Waals surface area contributed by atoms with Crippen molar-refractivity contribution in [3.8, 4) is 0 Å². The minimum absolute atomic E-state index is 0.00221. The van der Waals surface area contributed by atoms with Gasteiger partial charge in [-0.25, -0.2) is 8.78 Å². The van der Waals surface area contributed by atoms with Crippen molar-refractivity contribution in [2.24, 2.45) is 0 Å². The van der Waals surface area contributed by atoms with Gasteiger partial charge in [0.2, 0.25) is 5.91 Å². The normalized spacial score (nSPS) is 12.5. The Morgan fingerprint density at radius 1 is 1.37 bits per heavy atom. The molecule has 1 amide bonds. The van der Waals surface area contributed by atoms with Gasteiger partial charge < -0.3 is 10.6 Å². The Morgan fingerprint density at radius 3 is 2.74 bits per heavy atom. The Bertz CT molecular complexity index is 410. The smallest absolute Gasteiger partial charge is 0.263 e. The van der Waals surface area contributed by atoms with Crippen LogP contribution in [-0.2, 0) is 11.3 Å². The molecule has 1 unspecified atom stereocenters. The summed E-state index contributed by atoms with van der Waals surface area (Å²) >= 11 is 0. The van der Waals surface area contributed by atoms with Crippen LogP contribution in [0.4, 0.5) is 8.78 Å². The van der Waals surface area contributed by atoms with Gasteiger partial charge in [-0.15, -0.1) is 0 Å². The maximum atomic E-state index is 12.5. The van der Waals surface area contributed by atoms with Gasteiger partial charge in [0.05, 0.1) is 6.04 Å². The third-order valence-corrected chi connectivity index (χ3v) is 2.76. The molecule has 0 saturated heterocycles. The van der Waals surface area contributed by atoms with E-state index in [1.807, 2.05) is 6.92 Å². The molecule has 19 heavy (non-hydrogen) atoms. The minimum Gasteiger partial charge on any atom is -0.355 e. The molecule has 0 fully saturated rings.